The van der Waals surface area contributed by atoms with Gasteiger partial charge in [-0.1, -0.05) is 12.1 Å². The zero-order valence-electron chi connectivity index (χ0n) is 14.6. The van der Waals surface area contributed by atoms with Gasteiger partial charge in [0.2, 0.25) is 0 Å². The minimum absolute atomic E-state index is 0.402. The van der Waals surface area contributed by atoms with Gasteiger partial charge in [-0.05, 0) is 17.7 Å². The number of halogens is 6. The van der Waals surface area contributed by atoms with E-state index in [1.807, 2.05) is 18.2 Å². The van der Waals surface area contributed by atoms with Crippen LogP contribution in [-0.2, 0) is 24.4 Å². The molecule has 0 saturated heterocycles. The van der Waals surface area contributed by atoms with E-state index in [9.17, 15) is 26.3 Å². The van der Waals surface area contributed by atoms with Gasteiger partial charge < -0.3 is 10.4 Å². The molecule has 7 nitrogen and oxygen atoms in total. The molecule has 3 rings (SSSR count). The molecule has 0 atom stereocenters. The SMILES string of the molecule is FC(F)(F)Cn1ccc(CNCc2cccc3[nH]ncc23)n1.O=C(O)C(F)(F)F. The molecule has 3 N–H and O–H groups in total. The van der Waals surface area contributed by atoms with Crippen molar-refractivity contribution in [2.75, 3.05) is 0 Å². The molecule has 1 aromatic carbocycles. The number of H-pyrrole nitrogens is 1. The molecule has 0 radical (unpaired) electrons. The van der Waals surface area contributed by atoms with E-state index >= 15 is 0 Å². The van der Waals surface area contributed by atoms with Crippen LogP contribution in [0.5, 0.6) is 0 Å². The molecule has 2 aromatic heterocycles. The summed E-state index contributed by atoms with van der Waals surface area (Å²) in [5.74, 6) is -2.76. The third kappa shape index (κ3) is 7.10. The van der Waals surface area contributed by atoms with Crippen molar-refractivity contribution in [2.45, 2.75) is 32.0 Å². The largest absolute Gasteiger partial charge is 0.490 e. The first-order chi connectivity index (χ1) is 13.5. The molecule has 2 heterocycles. The van der Waals surface area contributed by atoms with Gasteiger partial charge in [-0.15, -0.1) is 0 Å². The number of nitrogens with one attached hydrogen (secondary N) is 2. The summed E-state index contributed by atoms with van der Waals surface area (Å²) in [6.07, 6.45) is -6.25. The second kappa shape index (κ2) is 8.94. The lowest BCUT2D eigenvalue weighted by Crippen LogP contribution is -2.21. The van der Waals surface area contributed by atoms with Gasteiger partial charge in [-0.3, -0.25) is 9.78 Å². The normalized spacial score (nSPS) is 11.9. The Kier molecular flexibility index (Phi) is 6.84. The highest BCUT2D eigenvalue weighted by Gasteiger charge is 2.38. The van der Waals surface area contributed by atoms with Crippen LogP contribution in [0.1, 0.15) is 11.3 Å². The van der Waals surface area contributed by atoms with E-state index in [2.05, 4.69) is 20.6 Å². The van der Waals surface area contributed by atoms with Crippen LogP contribution >= 0.6 is 0 Å². The van der Waals surface area contributed by atoms with Crippen molar-refractivity contribution in [3.8, 4) is 0 Å². The topological polar surface area (TPSA) is 95.8 Å². The standard InChI is InChI=1S/C14H14F3N5.C2HF3O2/c15-14(16,17)9-22-5-4-11(21-22)7-18-6-10-2-1-3-13-12(10)8-19-20-13;3-2(4,5)1(6)7/h1-5,8,18H,6-7,9H2,(H,19,20);(H,6,7). The zero-order chi connectivity index (χ0) is 21.7. The number of carbonyl (C=O) groups is 1. The third-order valence-corrected chi connectivity index (χ3v) is 3.48. The monoisotopic (exact) mass is 423 g/mol. The Hall–Kier alpha value is -3.09. The van der Waals surface area contributed by atoms with Crippen molar-refractivity contribution < 1.29 is 36.2 Å². The number of hydrogen-bond donors (Lipinski definition) is 3. The van der Waals surface area contributed by atoms with E-state index in [4.69, 9.17) is 9.90 Å². The van der Waals surface area contributed by atoms with Crippen LogP contribution in [-0.4, -0.2) is 43.4 Å². The van der Waals surface area contributed by atoms with Crippen molar-refractivity contribution in [1.29, 1.82) is 0 Å². The number of fused-ring (bicyclic) bond motifs is 1. The quantitative estimate of drug-likeness (QED) is 0.548. The number of nitrogens with zero attached hydrogens (tertiary/aromatic N) is 3. The van der Waals surface area contributed by atoms with Crippen molar-refractivity contribution in [3.63, 3.8) is 0 Å². The fourth-order valence-electron chi connectivity index (χ4n) is 2.28. The van der Waals surface area contributed by atoms with Crippen LogP contribution in [0.3, 0.4) is 0 Å². The molecule has 0 spiro atoms. The highest BCUT2D eigenvalue weighted by Crippen LogP contribution is 2.17. The van der Waals surface area contributed by atoms with Crippen molar-refractivity contribution in [3.05, 3.63) is 47.9 Å². The number of rotatable bonds is 5. The highest BCUT2D eigenvalue weighted by atomic mass is 19.4. The predicted octanol–water partition coefficient (Wildman–Crippen LogP) is 3.24. The number of carboxylic acids is 1. The van der Waals surface area contributed by atoms with E-state index < -0.39 is 24.9 Å². The molecular weight excluding hydrogens is 408 g/mol. The highest BCUT2D eigenvalue weighted by molar-refractivity contribution is 5.81. The summed E-state index contributed by atoms with van der Waals surface area (Å²) in [5.41, 5.74) is 2.60. The van der Waals surface area contributed by atoms with Gasteiger partial charge in [0, 0.05) is 24.7 Å². The molecule has 13 heteroatoms. The number of aromatic nitrogens is 4. The first-order valence-corrected chi connectivity index (χ1v) is 7.96. The summed E-state index contributed by atoms with van der Waals surface area (Å²) in [6.45, 7) is -0.0799. The second-order valence-corrected chi connectivity index (χ2v) is 5.77. The number of carboxylic acid groups (broad SMARTS) is 1. The molecule has 29 heavy (non-hydrogen) atoms. The smallest absolute Gasteiger partial charge is 0.475 e. The maximum Gasteiger partial charge on any atom is 0.490 e. The number of aromatic amines is 1. The Balaban J connectivity index is 0.000000370. The average Bonchev–Trinajstić information content (AvgIpc) is 3.22. The summed E-state index contributed by atoms with van der Waals surface area (Å²) in [5, 5.41) is 22.1. The molecule has 0 saturated carbocycles. The molecule has 3 aromatic rings. The van der Waals surface area contributed by atoms with Crippen molar-refractivity contribution in [2.24, 2.45) is 0 Å². The third-order valence-electron chi connectivity index (χ3n) is 3.48. The molecular formula is C16H15F6N5O2. The van der Waals surface area contributed by atoms with Gasteiger partial charge in [-0.2, -0.15) is 36.5 Å². The Labute approximate surface area is 159 Å². The number of benzene rings is 1. The fraction of sp³-hybridized carbons (Fsp3) is 0.312. The van der Waals surface area contributed by atoms with Gasteiger partial charge in [0.15, 0.2) is 0 Å². The molecule has 0 unspecified atom stereocenters. The van der Waals surface area contributed by atoms with Gasteiger partial charge in [0.1, 0.15) is 6.54 Å². The van der Waals surface area contributed by atoms with Crippen LogP contribution in [0.25, 0.3) is 10.9 Å². The van der Waals surface area contributed by atoms with E-state index in [0.29, 0.717) is 18.8 Å². The number of aliphatic carboxylic acids is 1. The van der Waals surface area contributed by atoms with Gasteiger partial charge >= 0.3 is 18.3 Å². The zero-order valence-corrected chi connectivity index (χ0v) is 14.6. The first-order valence-electron chi connectivity index (χ1n) is 7.96. The number of hydrogen-bond acceptors (Lipinski definition) is 4. The van der Waals surface area contributed by atoms with E-state index in [-0.39, 0.29) is 0 Å². The molecule has 0 amide bonds. The lowest BCUT2D eigenvalue weighted by Gasteiger charge is -2.06. The Morgan fingerprint density at radius 2 is 1.83 bits per heavy atom. The molecule has 0 aliphatic carbocycles. The maximum atomic E-state index is 12.3. The Morgan fingerprint density at radius 3 is 2.45 bits per heavy atom. The van der Waals surface area contributed by atoms with Crippen molar-refractivity contribution in [1.82, 2.24) is 25.3 Å². The summed E-state index contributed by atoms with van der Waals surface area (Å²) in [6, 6.07) is 7.42. The fourth-order valence-corrected chi connectivity index (χ4v) is 2.28. The lowest BCUT2D eigenvalue weighted by molar-refractivity contribution is -0.192. The first kappa shape index (κ1) is 22.2. The molecule has 0 aliphatic heterocycles. The Morgan fingerprint density at radius 1 is 1.14 bits per heavy atom. The molecule has 0 fully saturated rings. The Bertz CT molecular complexity index is 947. The lowest BCUT2D eigenvalue weighted by atomic mass is 10.1. The summed E-state index contributed by atoms with van der Waals surface area (Å²) < 4.78 is 69.4. The average molecular weight is 423 g/mol. The van der Waals surface area contributed by atoms with Gasteiger partial charge in [0.25, 0.3) is 0 Å². The maximum absolute atomic E-state index is 12.3. The van der Waals surface area contributed by atoms with E-state index in [0.717, 1.165) is 21.1 Å². The van der Waals surface area contributed by atoms with Crippen LogP contribution in [0, 0.1) is 0 Å². The summed E-state index contributed by atoms with van der Waals surface area (Å²) >= 11 is 0. The minimum Gasteiger partial charge on any atom is -0.475 e. The second-order valence-electron chi connectivity index (χ2n) is 5.77. The number of alkyl halides is 6. The summed E-state index contributed by atoms with van der Waals surface area (Å²) in [7, 11) is 0. The predicted molar refractivity (Wildman–Crippen MR) is 88.6 cm³/mol. The summed E-state index contributed by atoms with van der Waals surface area (Å²) in [4.78, 5) is 8.90. The molecule has 158 valence electrons. The van der Waals surface area contributed by atoms with Gasteiger partial charge in [0.05, 0.1) is 17.4 Å². The van der Waals surface area contributed by atoms with Crippen LogP contribution in [0.15, 0.2) is 36.7 Å². The molecule has 0 bridgehead atoms. The van der Waals surface area contributed by atoms with Gasteiger partial charge in [-0.25, -0.2) is 4.79 Å². The van der Waals surface area contributed by atoms with E-state index in [1.54, 1.807) is 12.3 Å². The van der Waals surface area contributed by atoms with Crippen LogP contribution < -0.4 is 5.32 Å². The minimum atomic E-state index is -5.08. The van der Waals surface area contributed by atoms with Crippen LogP contribution in [0.2, 0.25) is 0 Å². The van der Waals surface area contributed by atoms with E-state index in [1.165, 1.54) is 6.20 Å². The molecule has 0 aliphatic rings. The van der Waals surface area contributed by atoms with Crippen molar-refractivity contribution >= 4 is 16.9 Å². The van der Waals surface area contributed by atoms with Crippen LogP contribution in [0.4, 0.5) is 26.3 Å².